The van der Waals surface area contributed by atoms with Gasteiger partial charge in [0.1, 0.15) is 6.33 Å². The van der Waals surface area contributed by atoms with E-state index in [2.05, 4.69) is 10.2 Å². The Balaban J connectivity index is 1.77. The van der Waals surface area contributed by atoms with Crippen LogP contribution in [0.25, 0.3) is 0 Å². The zero-order chi connectivity index (χ0) is 19.2. The molecule has 1 aliphatic heterocycles. The second-order valence-corrected chi connectivity index (χ2v) is 6.72. The van der Waals surface area contributed by atoms with Crippen LogP contribution >= 0.6 is 0 Å². The first-order valence-electron chi connectivity index (χ1n) is 9.65. The maximum absolute atomic E-state index is 13.1. The van der Waals surface area contributed by atoms with Gasteiger partial charge in [0.15, 0.2) is 17.3 Å². The molecule has 2 heterocycles. The summed E-state index contributed by atoms with van der Waals surface area (Å²) in [6.45, 7) is 5.76. The van der Waals surface area contributed by atoms with E-state index in [9.17, 15) is 4.79 Å². The first-order valence-corrected chi connectivity index (χ1v) is 9.65. The molecule has 1 aromatic carbocycles. The van der Waals surface area contributed by atoms with Crippen molar-refractivity contribution in [2.24, 2.45) is 7.05 Å². The van der Waals surface area contributed by atoms with Gasteiger partial charge in [0.05, 0.1) is 25.7 Å². The quantitative estimate of drug-likeness (QED) is 0.747. The number of carbonyl (C=O) groups is 1. The zero-order valence-corrected chi connectivity index (χ0v) is 16.4. The molecule has 0 bridgehead atoms. The van der Waals surface area contributed by atoms with Crippen LogP contribution in [-0.4, -0.2) is 45.3 Å². The number of nitrogens with zero attached hydrogens (tertiary/aromatic N) is 4. The number of amides is 1. The molecular formula is C20H28N4O3. The van der Waals surface area contributed by atoms with Crippen molar-refractivity contribution in [3.8, 4) is 11.5 Å². The van der Waals surface area contributed by atoms with E-state index in [1.807, 2.05) is 48.6 Å². The van der Waals surface area contributed by atoms with Crippen LogP contribution in [0.4, 0.5) is 0 Å². The monoisotopic (exact) mass is 372 g/mol. The Kier molecular flexibility index (Phi) is 6.32. The third-order valence-electron chi connectivity index (χ3n) is 4.83. The van der Waals surface area contributed by atoms with Crippen LogP contribution in [0, 0.1) is 0 Å². The molecule has 0 radical (unpaired) electrons. The molecule has 3 rings (SSSR count). The van der Waals surface area contributed by atoms with E-state index in [4.69, 9.17) is 9.47 Å². The number of piperidine rings is 1. The molecular weight excluding hydrogens is 344 g/mol. The van der Waals surface area contributed by atoms with E-state index in [0.29, 0.717) is 31.1 Å². The van der Waals surface area contributed by atoms with Crippen molar-refractivity contribution < 1.29 is 14.3 Å². The van der Waals surface area contributed by atoms with Gasteiger partial charge in [-0.2, -0.15) is 0 Å². The second-order valence-electron chi connectivity index (χ2n) is 6.72. The summed E-state index contributed by atoms with van der Waals surface area (Å²) in [7, 11) is 1.92. The average molecular weight is 372 g/mol. The lowest BCUT2D eigenvalue weighted by molar-refractivity contribution is -0.134. The number of hydrogen-bond acceptors (Lipinski definition) is 5. The predicted molar refractivity (Wildman–Crippen MR) is 102 cm³/mol. The summed E-state index contributed by atoms with van der Waals surface area (Å²) in [6.07, 6.45) is 5.06. The van der Waals surface area contributed by atoms with Crippen LogP contribution in [0.3, 0.4) is 0 Å². The van der Waals surface area contributed by atoms with Crippen LogP contribution < -0.4 is 9.47 Å². The van der Waals surface area contributed by atoms with Crippen molar-refractivity contribution in [1.29, 1.82) is 0 Å². The molecule has 7 heteroatoms. The lowest BCUT2D eigenvalue weighted by atomic mass is 10.00. The largest absolute Gasteiger partial charge is 0.490 e. The van der Waals surface area contributed by atoms with Crippen molar-refractivity contribution >= 4 is 5.91 Å². The van der Waals surface area contributed by atoms with Crippen molar-refractivity contribution in [1.82, 2.24) is 19.7 Å². The van der Waals surface area contributed by atoms with Gasteiger partial charge in [-0.05, 0) is 50.8 Å². The molecule has 1 aliphatic rings. The Morgan fingerprint density at radius 2 is 1.96 bits per heavy atom. The Bertz CT molecular complexity index is 774. The van der Waals surface area contributed by atoms with Crippen molar-refractivity contribution in [2.75, 3.05) is 19.8 Å². The number of benzene rings is 1. The standard InChI is InChI=1S/C20H28N4O3/c1-4-26-17-10-9-15(12-18(17)27-5-2)13-19(25)24-11-7-6-8-16(24)20-22-21-14-23(20)3/h9-10,12,14,16H,4-8,11,13H2,1-3H3. The maximum atomic E-state index is 13.1. The number of rotatable bonds is 7. The number of likely N-dealkylation sites (tertiary alicyclic amines) is 1. The van der Waals surface area contributed by atoms with Crippen LogP contribution in [0.1, 0.15) is 50.5 Å². The van der Waals surface area contributed by atoms with E-state index < -0.39 is 0 Å². The number of aromatic nitrogens is 3. The summed E-state index contributed by atoms with van der Waals surface area (Å²) in [6, 6.07) is 5.72. The highest BCUT2D eigenvalue weighted by Crippen LogP contribution is 2.32. The molecule has 1 unspecified atom stereocenters. The minimum Gasteiger partial charge on any atom is -0.490 e. The number of aryl methyl sites for hydroxylation is 1. The number of ether oxygens (including phenoxy) is 2. The zero-order valence-electron chi connectivity index (χ0n) is 16.4. The lowest BCUT2D eigenvalue weighted by Crippen LogP contribution is -2.40. The van der Waals surface area contributed by atoms with E-state index in [-0.39, 0.29) is 11.9 Å². The summed E-state index contributed by atoms with van der Waals surface area (Å²) >= 11 is 0. The Morgan fingerprint density at radius 1 is 1.19 bits per heavy atom. The fraction of sp³-hybridized carbons (Fsp3) is 0.550. The molecule has 0 spiro atoms. The fourth-order valence-electron chi connectivity index (χ4n) is 3.57. The Hall–Kier alpha value is -2.57. The van der Waals surface area contributed by atoms with E-state index >= 15 is 0 Å². The van der Waals surface area contributed by atoms with Gasteiger partial charge in [-0.1, -0.05) is 6.07 Å². The predicted octanol–water partition coefficient (Wildman–Crippen LogP) is 2.91. The number of carbonyl (C=O) groups excluding carboxylic acids is 1. The van der Waals surface area contributed by atoms with Crippen molar-refractivity contribution in [3.05, 3.63) is 35.9 Å². The molecule has 1 aromatic heterocycles. The van der Waals surface area contributed by atoms with Crippen LogP contribution in [0.15, 0.2) is 24.5 Å². The van der Waals surface area contributed by atoms with Gasteiger partial charge in [-0.15, -0.1) is 10.2 Å². The smallest absolute Gasteiger partial charge is 0.227 e. The van der Waals surface area contributed by atoms with Gasteiger partial charge in [0, 0.05) is 13.6 Å². The van der Waals surface area contributed by atoms with Gasteiger partial charge < -0.3 is 18.9 Å². The molecule has 0 aliphatic carbocycles. The minimum atomic E-state index is -0.00666. The SMILES string of the molecule is CCOc1ccc(CC(=O)N2CCCCC2c2nncn2C)cc1OCC. The molecule has 1 saturated heterocycles. The molecule has 146 valence electrons. The first-order chi connectivity index (χ1) is 13.1. The maximum Gasteiger partial charge on any atom is 0.227 e. The highest BCUT2D eigenvalue weighted by Gasteiger charge is 2.30. The van der Waals surface area contributed by atoms with Crippen LogP contribution in [-0.2, 0) is 18.3 Å². The molecule has 0 N–H and O–H groups in total. The molecule has 1 atom stereocenters. The third-order valence-corrected chi connectivity index (χ3v) is 4.83. The molecule has 7 nitrogen and oxygen atoms in total. The molecule has 0 saturated carbocycles. The van der Waals surface area contributed by atoms with Crippen molar-refractivity contribution in [2.45, 2.75) is 45.6 Å². The van der Waals surface area contributed by atoms with Gasteiger partial charge in [-0.3, -0.25) is 4.79 Å². The Labute approximate surface area is 160 Å². The molecule has 1 amide bonds. The van der Waals surface area contributed by atoms with E-state index in [0.717, 1.165) is 37.2 Å². The Morgan fingerprint density at radius 3 is 2.67 bits per heavy atom. The lowest BCUT2D eigenvalue weighted by Gasteiger charge is -2.35. The minimum absolute atomic E-state index is 0.00666. The highest BCUT2D eigenvalue weighted by atomic mass is 16.5. The van der Waals surface area contributed by atoms with Crippen molar-refractivity contribution in [3.63, 3.8) is 0 Å². The van der Waals surface area contributed by atoms with Crippen LogP contribution in [0.2, 0.25) is 0 Å². The summed E-state index contributed by atoms with van der Waals surface area (Å²) in [5, 5.41) is 8.21. The van der Waals surface area contributed by atoms with E-state index in [1.165, 1.54) is 0 Å². The topological polar surface area (TPSA) is 69.5 Å². The average Bonchev–Trinajstić information content (AvgIpc) is 3.10. The van der Waals surface area contributed by atoms with Gasteiger partial charge in [0.2, 0.25) is 5.91 Å². The molecule has 2 aromatic rings. The summed E-state index contributed by atoms with van der Waals surface area (Å²) < 4.78 is 13.2. The van der Waals surface area contributed by atoms with Gasteiger partial charge in [0.25, 0.3) is 0 Å². The first kappa shape index (κ1) is 19.2. The fourth-order valence-corrected chi connectivity index (χ4v) is 3.57. The van der Waals surface area contributed by atoms with Gasteiger partial charge in [-0.25, -0.2) is 0 Å². The van der Waals surface area contributed by atoms with Crippen LogP contribution in [0.5, 0.6) is 11.5 Å². The summed E-state index contributed by atoms with van der Waals surface area (Å²) in [5.41, 5.74) is 0.925. The third kappa shape index (κ3) is 4.40. The second kappa shape index (κ2) is 8.88. The molecule has 27 heavy (non-hydrogen) atoms. The number of hydrogen-bond donors (Lipinski definition) is 0. The van der Waals surface area contributed by atoms with E-state index in [1.54, 1.807) is 6.33 Å². The highest BCUT2D eigenvalue weighted by molar-refractivity contribution is 5.79. The van der Waals surface area contributed by atoms with Gasteiger partial charge >= 0.3 is 0 Å². The summed E-state index contributed by atoms with van der Waals surface area (Å²) in [5.74, 6) is 2.36. The summed E-state index contributed by atoms with van der Waals surface area (Å²) in [4.78, 5) is 15.0. The normalized spacial score (nSPS) is 17.0. The molecule has 1 fully saturated rings.